The van der Waals surface area contributed by atoms with E-state index in [0.717, 1.165) is 21.7 Å². The topological polar surface area (TPSA) is 71.1 Å². The third-order valence-electron chi connectivity index (χ3n) is 3.80. The maximum atomic E-state index is 13.1. The second-order valence-electron chi connectivity index (χ2n) is 6.03. The van der Waals surface area contributed by atoms with Crippen LogP contribution in [0.5, 0.6) is 0 Å². The maximum absolute atomic E-state index is 13.1. The van der Waals surface area contributed by atoms with E-state index >= 15 is 0 Å². The molecule has 27 heavy (non-hydrogen) atoms. The number of halogens is 1. The molecule has 0 aliphatic rings. The maximum Gasteiger partial charge on any atom is 0.230 e. The van der Waals surface area contributed by atoms with Gasteiger partial charge in [-0.1, -0.05) is 12.1 Å². The van der Waals surface area contributed by atoms with Crippen molar-refractivity contribution in [2.24, 2.45) is 0 Å². The number of thiazole rings is 1. The Labute approximate surface area is 160 Å². The van der Waals surface area contributed by atoms with Gasteiger partial charge in [-0.25, -0.2) is 9.37 Å². The minimum atomic E-state index is -0.301. The van der Waals surface area contributed by atoms with Crippen LogP contribution in [0.2, 0.25) is 0 Å². The third kappa shape index (κ3) is 4.98. The molecule has 1 aromatic heterocycles. The minimum Gasteiger partial charge on any atom is -0.326 e. The average Bonchev–Trinajstić information content (AvgIpc) is 2.97. The highest BCUT2D eigenvalue weighted by Crippen LogP contribution is 2.30. The Bertz CT molecular complexity index is 966. The molecule has 3 rings (SSSR count). The van der Waals surface area contributed by atoms with Crippen LogP contribution in [0.25, 0.3) is 11.3 Å². The van der Waals surface area contributed by atoms with Gasteiger partial charge in [-0.2, -0.15) is 0 Å². The molecule has 2 N–H and O–H groups in total. The number of aryl methyl sites for hydroxylation is 1. The van der Waals surface area contributed by atoms with Crippen LogP contribution < -0.4 is 10.6 Å². The monoisotopic (exact) mass is 383 g/mol. The fourth-order valence-corrected chi connectivity index (χ4v) is 3.44. The number of rotatable bonds is 5. The van der Waals surface area contributed by atoms with Crippen molar-refractivity contribution >= 4 is 34.0 Å². The highest BCUT2D eigenvalue weighted by molar-refractivity contribution is 7.16. The summed E-state index contributed by atoms with van der Waals surface area (Å²) in [5, 5.41) is 5.99. The molecule has 0 bridgehead atoms. The standard InChI is InChI=1S/C20H18FN3O2S/c1-12-19(15-5-7-16(21)8-6-15)24-20(27-12)23-18(26)11-14-3-9-17(10-4-14)22-13(2)25/h3-10H,11H2,1-2H3,(H,22,25)(H,23,24,26). The summed E-state index contributed by atoms with van der Waals surface area (Å²) in [6, 6.07) is 13.2. The second-order valence-corrected chi connectivity index (χ2v) is 7.24. The number of nitrogens with one attached hydrogen (secondary N) is 2. The van der Waals surface area contributed by atoms with E-state index in [1.54, 1.807) is 36.4 Å². The number of hydrogen-bond acceptors (Lipinski definition) is 4. The lowest BCUT2D eigenvalue weighted by molar-refractivity contribution is -0.116. The number of amides is 2. The van der Waals surface area contributed by atoms with E-state index in [-0.39, 0.29) is 24.1 Å². The molecule has 3 aromatic rings. The summed E-state index contributed by atoms with van der Waals surface area (Å²) in [6.07, 6.45) is 0.199. The molecule has 0 fully saturated rings. The SMILES string of the molecule is CC(=O)Nc1ccc(CC(=O)Nc2nc(-c3ccc(F)cc3)c(C)s2)cc1. The first-order valence-electron chi connectivity index (χ1n) is 8.30. The molecule has 0 atom stereocenters. The molecule has 0 spiro atoms. The van der Waals surface area contributed by atoms with Gasteiger partial charge < -0.3 is 10.6 Å². The second kappa shape index (κ2) is 8.09. The lowest BCUT2D eigenvalue weighted by Crippen LogP contribution is -2.14. The zero-order valence-electron chi connectivity index (χ0n) is 14.9. The molecule has 0 aliphatic carbocycles. The van der Waals surface area contributed by atoms with E-state index in [0.29, 0.717) is 10.8 Å². The molecule has 1 heterocycles. The molecule has 0 saturated heterocycles. The van der Waals surface area contributed by atoms with Crippen molar-refractivity contribution in [2.45, 2.75) is 20.3 Å². The molecule has 0 radical (unpaired) electrons. The zero-order chi connectivity index (χ0) is 19.4. The van der Waals surface area contributed by atoms with E-state index in [1.807, 2.05) is 6.92 Å². The zero-order valence-corrected chi connectivity index (χ0v) is 15.7. The molecule has 2 amide bonds. The molecule has 0 unspecified atom stereocenters. The summed E-state index contributed by atoms with van der Waals surface area (Å²) in [5.41, 5.74) is 3.05. The summed E-state index contributed by atoms with van der Waals surface area (Å²) in [5.74, 6) is -0.622. The highest BCUT2D eigenvalue weighted by Gasteiger charge is 2.12. The van der Waals surface area contributed by atoms with Crippen molar-refractivity contribution < 1.29 is 14.0 Å². The third-order valence-corrected chi connectivity index (χ3v) is 4.69. The van der Waals surface area contributed by atoms with E-state index in [1.165, 1.54) is 30.4 Å². The van der Waals surface area contributed by atoms with E-state index in [4.69, 9.17) is 0 Å². The Morgan fingerprint density at radius 2 is 1.70 bits per heavy atom. The van der Waals surface area contributed by atoms with Crippen molar-refractivity contribution in [1.29, 1.82) is 0 Å². The van der Waals surface area contributed by atoms with Crippen molar-refractivity contribution in [3.63, 3.8) is 0 Å². The lowest BCUT2D eigenvalue weighted by Gasteiger charge is -2.05. The van der Waals surface area contributed by atoms with Gasteiger partial charge in [0.1, 0.15) is 5.82 Å². The van der Waals surface area contributed by atoms with Gasteiger partial charge in [0, 0.05) is 23.1 Å². The van der Waals surface area contributed by atoms with E-state index < -0.39 is 0 Å². The van der Waals surface area contributed by atoms with Gasteiger partial charge in [-0.05, 0) is 48.9 Å². The molecule has 0 aliphatic heterocycles. The summed E-state index contributed by atoms with van der Waals surface area (Å²) < 4.78 is 13.1. The Morgan fingerprint density at radius 1 is 1.04 bits per heavy atom. The Balaban J connectivity index is 1.65. The summed E-state index contributed by atoms with van der Waals surface area (Å²) in [6.45, 7) is 3.35. The number of aromatic nitrogens is 1. The summed E-state index contributed by atoms with van der Waals surface area (Å²) >= 11 is 1.38. The first-order chi connectivity index (χ1) is 12.9. The number of hydrogen-bond donors (Lipinski definition) is 2. The van der Waals surface area contributed by atoms with Gasteiger partial charge in [-0.3, -0.25) is 9.59 Å². The molecule has 138 valence electrons. The molecular weight excluding hydrogens is 365 g/mol. The number of nitrogens with zero attached hydrogens (tertiary/aromatic N) is 1. The van der Waals surface area contributed by atoms with Crippen molar-refractivity contribution in [3.8, 4) is 11.3 Å². The summed E-state index contributed by atoms with van der Waals surface area (Å²) in [7, 11) is 0. The van der Waals surface area contributed by atoms with Gasteiger partial charge in [0.25, 0.3) is 0 Å². The molecular formula is C20H18FN3O2S. The van der Waals surface area contributed by atoms with Gasteiger partial charge >= 0.3 is 0 Å². The van der Waals surface area contributed by atoms with E-state index in [2.05, 4.69) is 15.6 Å². The molecule has 0 saturated carbocycles. The van der Waals surface area contributed by atoms with Gasteiger partial charge in [0.15, 0.2) is 5.13 Å². The van der Waals surface area contributed by atoms with E-state index in [9.17, 15) is 14.0 Å². The summed E-state index contributed by atoms with van der Waals surface area (Å²) in [4.78, 5) is 28.7. The average molecular weight is 383 g/mol. The minimum absolute atomic E-state index is 0.142. The Hall–Kier alpha value is -3.06. The Morgan fingerprint density at radius 3 is 2.33 bits per heavy atom. The van der Waals surface area contributed by atoms with Crippen LogP contribution in [0.3, 0.4) is 0 Å². The quantitative estimate of drug-likeness (QED) is 0.686. The van der Waals surface area contributed by atoms with Crippen molar-refractivity contribution in [1.82, 2.24) is 4.98 Å². The van der Waals surface area contributed by atoms with Crippen LogP contribution in [-0.2, 0) is 16.0 Å². The van der Waals surface area contributed by atoms with Crippen LogP contribution in [0.4, 0.5) is 15.2 Å². The number of anilines is 2. The fraction of sp³-hybridized carbons (Fsp3) is 0.150. The first kappa shape index (κ1) is 18.7. The number of benzene rings is 2. The number of carbonyl (C=O) groups is 2. The first-order valence-corrected chi connectivity index (χ1v) is 9.12. The smallest absolute Gasteiger partial charge is 0.230 e. The largest absolute Gasteiger partial charge is 0.326 e. The predicted octanol–water partition coefficient (Wildman–Crippen LogP) is 4.40. The van der Waals surface area contributed by atoms with Crippen molar-refractivity contribution in [2.75, 3.05) is 10.6 Å². The van der Waals surface area contributed by atoms with Crippen LogP contribution >= 0.6 is 11.3 Å². The van der Waals surface area contributed by atoms with Crippen LogP contribution in [0.1, 0.15) is 17.4 Å². The van der Waals surface area contributed by atoms with Crippen LogP contribution in [0, 0.1) is 12.7 Å². The van der Waals surface area contributed by atoms with Gasteiger partial charge in [0.2, 0.25) is 11.8 Å². The van der Waals surface area contributed by atoms with Crippen LogP contribution in [0.15, 0.2) is 48.5 Å². The highest BCUT2D eigenvalue weighted by atomic mass is 32.1. The van der Waals surface area contributed by atoms with Crippen LogP contribution in [-0.4, -0.2) is 16.8 Å². The van der Waals surface area contributed by atoms with Crippen molar-refractivity contribution in [3.05, 3.63) is 64.8 Å². The van der Waals surface area contributed by atoms with Gasteiger partial charge in [-0.15, -0.1) is 11.3 Å². The predicted molar refractivity (Wildman–Crippen MR) is 105 cm³/mol. The van der Waals surface area contributed by atoms with Gasteiger partial charge in [0.05, 0.1) is 12.1 Å². The molecule has 5 nitrogen and oxygen atoms in total. The normalized spacial score (nSPS) is 10.5. The fourth-order valence-electron chi connectivity index (χ4n) is 2.58. The molecule has 7 heteroatoms. The number of carbonyl (C=O) groups excluding carboxylic acids is 2. The molecule has 2 aromatic carbocycles. The Kier molecular flexibility index (Phi) is 5.61. The lowest BCUT2D eigenvalue weighted by atomic mass is 10.1.